The van der Waals surface area contributed by atoms with E-state index in [-0.39, 0.29) is 5.97 Å². The van der Waals surface area contributed by atoms with Gasteiger partial charge < -0.3 is 9.47 Å². The molecule has 0 saturated heterocycles. The van der Waals surface area contributed by atoms with E-state index in [1.165, 1.54) is 5.56 Å². The van der Waals surface area contributed by atoms with E-state index in [2.05, 4.69) is 22.0 Å². The molecule has 0 aliphatic carbocycles. The van der Waals surface area contributed by atoms with Crippen molar-refractivity contribution in [2.24, 2.45) is 0 Å². The van der Waals surface area contributed by atoms with Crippen LogP contribution in [0.4, 0.5) is 0 Å². The lowest BCUT2D eigenvalue weighted by molar-refractivity contribution is 0.0502. The summed E-state index contributed by atoms with van der Waals surface area (Å²) in [5.74, 6) is 0.506. The second-order valence-electron chi connectivity index (χ2n) is 5.46. The zero-order valence-electron chi connectivity index (χ0n) is 13.7. The van der Waals surface area contributed by atoms with Crippen LogP contribution in [0, 0.1) is 13.8 Å². The first kappa shape index (κ1) is 17.5. The lowest BCUT2D eigenvalue weighted by Crippen LogP contribution is -2.11. The Hall–Kier alpha value is -1.81. The third-order valence-corrected chi connectivity index (χ3v) is 4.22. The third-order valence-electron chi connectivity index (χ3n) is 3.48. The predicted molar refractivity (Wildman–Crippen MR) is 95.0 cm³/mol. The fourth-order valence-corrected chi connectivity index (χ4v) is 2.76. The summed E-state index contributed by atoms with van der Waals surface area (Å²) in [5, 5.41) is 0. The van der Waals surface area contributed by atoms with Crippen LogP contribution >= 0.6 is 15.9 Å². The molecule has 2 rings (SSSR count). The zero-order chi connectivity index (χ0) is 16.8. The molecule has 0 radical (unpaired) electrons. The highest BCUT2D eigenvalue weighted by Gasteiger charge is 2.16. The Morgan fingerprint density at radius 2 is 1.96 bits per heavy atom. The number of aryl methyl sites for hydroxylation is 2. The molecule has 0 fully saturated rings. The van der Waals surface area contributed by atoms with Gasteiger partial charge in [-0.05, 0) is 44.0 Å². The van der Waals surface area contributed by atoms with Gasteiger partial charge in [-0.25, -0.2) is 4.79 Å². The van der Waals surface area contributed by atoms with Gasteiger partial charge in [0.1, 0.15) is 12.4 Å². The maximum Gasteiger partial charge on any atom is 0.338 e. The molecule has 0 amide bonds. The minimum atomic E-state index is -0.313. The summed E-state index contributed by atoms with van der Waals surface area (Å²) >= 11 is 3.50. The summed E-state index contributed by atoms with van der Waals surface area (Å²) in [5.41, 5.74) is 3.61. The topological polar surface area (TPSA) is 35.5 Å². The van der Waals surface area contributed by atoms with Gasteiger partial charge in [-0.3, -0.25) is 0 Å². The number of hydrogen-bond acceptors (Lipinski definition) is 3. The Bertz CT molecular complexity index is 695. The van der Waals surface area contributed by atoms with Crippen molar-refractivity contribution in [1.29, 1.82) is 0 Å². The summed E-state index contributed by atoms with van der Waals surface area (Å²) < 4.78 is 12.0. The number of ether oxygens (including phenoxy) is 2. The van der Waals surface area contributed by atoms with E-state index in [9.17, 15) is 4.79 Å². The normalized spacial score (nSPS) is 10.4. The number of halogens is 1. The second kappa shape index (κ2) is 8.16. The number of hydrogen-bond donors (Lipinski definition) is 0. The second-order valence-corrected chi connectivity index (χ2v) is 6.31. The van der Waals surface area contributed by atoms with Gasteiger partial charge in [0.05, 0.1) is 12.2 Å². The van der Waals surface area contributed by atoms with E-state index < -0.39 is 0 Å². The van der Waals surface area contributed by atoms with E-state index in [0.29, 0.717) is 18.8 Å². The van der Waals surface area contributed by atoms with Crippen LogP contribution in [0.15, 0.2) is 40.9 Å². The first-order valence-electron chi connectivity index (χ1n) is 7.67. The molecule has 2 aromatic carbocycles. The van der Waals surface area contributed by atoms with Crippen molar-refractivity contribution in [1.82, 2.24) is 0 Å². The largest absolute Gasteiger partial charge is 0.489 e. The van der Waals surface area contributed by atoms with Crippen LogP contribution < -0.4 is 4.74 Å². The van der Waals surface area contributed by atoms with E-state index in [1.54, 1.807) is 6.07 Å². The molecule has 0 atom stereocenters. The molecule has 0 aliphatic rings. The molecule has 0 saturated carbocycles. The summed E-state index contributed by atoms with van der Waals surface area (Å²) in [6, 6.07) is 11.5. The third kappa shape index (κ3) is 4.58. The number of carbonyl (C=O) groups excluding carboxylic acids is 1. The standard InChI is InChI=1S/C19H21BrO3/c1-4-10-22-19(21)15-6-5-7-17(20)16(15)12-23-18-9-8-13(2)11-14(18)3/h5-9,11H,4,10,12H2,1-3H3. The van der Waals surface area contributed by atoms with Crippen molar-refractivity contribution in [3.8, 4) is 5.75 Å². The van der Waals surface area contributed by atoms with Gasteiger partial charge in [-0.2, -0.15) is 0 Å². The predicted octanol–water partition coefficient (Wildman–Crippen LogP) is 5.21. The minimum absolute atomic E-state index is 0.307. The van der Waals surface area contributed by atoms with Crippen molar-refractivity contribution in [2.75, 3.05) is 6.61 Å². The van der Waals surface area contributed by atoms with Crippen LogP contribution in [-0.4, -0.2) is 12.6 Å². The van der Waals surface area contributed by atoms with E-state index in [0.717, 1.165) is 27.8 Å². The zero-order valence-corrected chi connectivity index (χ0v) is 15.3. The number of carbonyl (C=O) groups is 1. The van der Waals surface area contributed by atoms with Crippen molar-refractivity contribution >= 4 is 21.9 Å². The summed E-state index contributed by atoms with van der Waals surface area (Å²) in [6.07, 6.45) is 0.800. The molecular weight excluding hydrogens is 356 g/mol. The maximum absolute atomic E-state index is 12.2. The van der Waals surface area contributed by atoms with Crippen LogP contribution in [0.2, 0.25) is 0 Å². The Balaban J connectivity index is 2.20. The number of esters is 1. The van der Waals surface area contributed by atoms with E-state index >= 15 is 0 Å². The Labute approximate surface area is 145 Å². The lowest BCUT2D eigenvalue weighted by atomic mass is 10.1. The fraction of sp³-hybridized carbons (Fsp3) is 0.316. The van der Waals surface area contributed by atoms with E-state index in [1.807, 2.05) is 45.0 Å². The molecule has 2 aromatic rings. The molecule has 0 bridgehead atoms. The molecule has 4 heteroatoms. The lowest BCUT2D eigenvalue weighted by Gasteiger charge is -2.14. The SMILES string of the molecule is CCCOC(=O)c1cccc(Br)c1COc1ccc(C)cc1C. The molecule has 0 unspecified atom stereocenters. The molecule has 23 heavy (non-hydrogen) atoms. The average Bonchev–Trinajstić information content (AvgIpc) is 2.52. The quantitative estimate of drug-likeness (QED) is 0.648. The van der Waals surface area contributed by atoms with Gasteiger partial charge in [0, 0.05) is 10.0 Å². The summed E-state index contributed by atoms with van der Waals surface area (Å²) in [6.45, 7) is 6.76. The van der Waals surface area contributed by atoms with Crippen LogP contribution in [-0.2, 0) is 11.3 Å². The highest BCUT2D eigenvalue weighted by molar-refractivity contribution is 9.10. The molecule has 0 aromatic heterocycles. The molecule has 122 valence electrons. The highest BCUT2D eigenvalue weighted by Crippen LogP contribution is 2.25. The molecule has 0 N–H and O–H groups in total. The highest BCUT2D eigenvalue weighted by atomic mass is 79.9. The van der Waals surface area contributed by atoms with Crippen molar-refractivity contribution in [3.63, 3.8) is 0 Å². The molecule has 0 spiro atoms. The van der Waals surface area contributed by atoms with Crippen LogP contribution in [0.25, 0.3) is 0 Å². The molecule has 0 aliphatic heterocycles. The van der Waals surface area contributed by atoms with Crippen molar-refractivity contribution in [2.45, 2.75) is 33.8 Å². The molecule has 3 nitrogen and oxygen atoms in total. The van der Waals surface area contributed by atoms with Crippen molar-refractivity contribution < 1.29 is 14.3 Å². The fourth-order valence-electron chi connectivity index (χ4n) is 2.28. The maximum atomic E-state index is 12.2. The van der Waals surface area contributed by atoms with Gasteiger partial charge in [0.15, 0.2) is 0 Å². The Kier molecular flexibility index (Phi) is 6.22. The van der Waals surface area contributed by atoms with Crippen LogP contribution in [0.1, 0.15) is 40.4 Å². The molecule has 0 heterocycles. The van der Waals surface area contributed by atoms with Gasteiger partial charge in [0.2, 0.25) is 0 Å². The van der Waals surface area contributed by atoms with Gasteiger partial charge in [-0.1, -0.05) is 46.6 Å². The van der Waals surface area contributed by atoms with E-state index in [4.69, 9.17) is 9.47 Å². The monoisotopic (exact) mass is 376 g/mol. The molecular formula is C19H21BrO3. The first-order valence-corrected chi connectivity index (χ1v) is 8.46. The van der Waals surface area contributed by atoms with Gasteiger partial charge in [0.25, 0.3) is 0 Å². The van der Waals surface area contributed by atoms with Crippen LogP contribution in [0.5, 0.6) is 5.75 Å². The smallest absolute Gasteiger partial charge is 0.338 e. The van der Waals surface area contributed by atoms with Crippen LogP contribution in [0.3, 0.4) is 0 Å². The summed E-state index contributed by atoms with van der Waals surface area (Å²) in [4.78, 5) is 12.2. The van der Waals surface area contributed by atoms with Crippen molar-refractivity contribution in [3.05, 3.63) is 63.1 Å². The first-order chi connectivity index (χ1) is 11.0. The van der Waals surface area contributed by atoms with Gasteiger partial charge in [-0.15, -0.1) is 0 Å². The Morgan fingerprint density at radius 3 is 2.65 bits per heavy atom. The number of rotatable bonds is 6. The summed E-state index contributed by atoms with van der Waals surface area (Å²) in [7, 11) is 0. The average molecular weight is 377 g/mol. The minimum Gasteiger partial charge on any atom is -0.489 e. The van der Waals surface area contributed by atoms with Gasteiger partial charge >= 0.3 is 5.97 Å². The Morgan fingerprint density at radius 1 is 1.17 bits per heavy atom. The number of benzene rings is 2.